The molecule has 4 heteroatoms. The molecular weight excluding hydrogens is 241 g/mol. The fourth-order valence-electron chi connectivity index (χ4n) is 2.32. The fraction of sp³-hybridized carbons (Fsp3) is 0.538. The highest BCUT2D eigenvalue weighted by molar-refractivity contribution is 6.31. The van der Waals surface area contributed by atoms with E-state index in [1.807, 2.05) is 7.05 Å². The first-order chi connectivity index (χ1) is 8.22. The highest BCUT2D eigenvalue weighted by Crippen LogP contribution is 2.31. The summed E-state index contributed by atoms with van der Waals surface area (Å²) in [6.07, 6.45) is 3.31. The zero-order valence-corrected chi connectivity index (χ0v) is 10.6. The van der Waals surface area contributed by atoms with Crippen molar-refractivity contribution in [2.45, 2.75) is 31.4 Å². The van der Waals surface area contributed by atoms with Crippen LogP contribution in [0.15, 0.2) is 18.2 Å². The molecule has 0 bridgehead atoms. The summed E-state index contributed by atoms with van der Waals surface area (Å²) < 4.78 is 19.0. The van der Waals surface area contributed by atoms with Crippen molar-refractivity contribution in [2.75, 3.05) is 13.7 Å². The van der Waals surface area contributed by atoms with Crippen molar-refractivity contribution < 1.29 is 9.13 Å². The van der Waals surface area contributed by atoms with Crippen molar-refractivity contribution in [1.29, 1.82) is 0 Å². The molecule has 2 atom stereocenters. The summed E-state index contributed by atoms with van der Waals surface area (Å²) in [4.78, 5) is 0. The lowest BCUT2D eigenvalue weighted by Crippen LogP contribution is -2.34. The average Bonchev–Trinajstić information content (AvgIpc) is 2.36. The predicted molar refractivity (Wildman–Crippen MR) is 66.8 cm³/mol. The third kappa shape index (κ3) is 2.97. The molecule has 1 saturated heterocycles. The van der Waals surface area contributed by atoms with Crippen LogP contribution in [-0.2, 0) is 4.74 Å². The quantitative estimate of drug-likeness (QED) is 0.897. The van der Waals surface area contributed by atoms with Crippen molar-refractivity contribution >= 4 is 11.6 Å². The number of halogens is 2. The van der Waals surface area contributed by atoms with Gasteiger partial charge in [-0.15, -0.1) is 0 Å². The maximum absolute atomic E-state index is 13.3. The summed E-state index contributed by atoms with van der Waals surface area (Å²) in [7, 11) is 1.85. The van der Waals surface area contributed by atoms with Crippen LogP contribution < -0.4 is 5.32 Å². The first-order valence-electron chi connectivity index (χ1n) is 5.96. The minimum atomic E-state index is -0.263. The van der Waals surface area contributed by atoms with Gasteiger partial charge >= 0.3 is 0 Å². The zero-order chi connectivity index (χ0) is 12.3. The number of hydrogen-bond donors (Lipinski definition) is 1. The molecule has 0 saturated carbocycles. The molecule has 94 valence electrons. The lowest BCUT2D eigenvalue weighted by Gasteiger charge is -2.31. The summed E-state index contributed by atoms with van der Waals surface area (Å²) in [5, 5.41) is 3.76. The number of benzene rings is 1. The Morgan fingerprint density at radius 3 is 2.94 bits per heavy atom. The number of nitrogens with one attached hydrogen (secondary N) is 1. The Morgan fingerprint density at radius 1 is 1.47 bits per heavy atom. The molecule has 0 aliphatic carbocycles. The Hall–Kier alpha value is -0.640. The third-order valence-electron chi connectivity index (χ3n) is 3.19. The van der Waals surface area contributed by atoms with Crippen LogP contribution in [0.1, 0.15) is 30.9 Å². The van der Waals surface area contributed by atoms with E-state index < -0.39 is 0 Å². The summed E-state index contributed by atoms with van der Waals surface area (Å²) in [5.41, 5.74) is 0.779. The number of rotatable bonds is 3. The highest BCUT2D eigenvalue weighted by Gasteiger charge is 2.26. The first kappa shape index (κ1) is 12.8. The molecule has 1 aliphatic rings. The number of likely N-dealkylation sites (N-methyl/N-ethyl adjacent to an activating group) is 1. The van der Waals surface area contributed by atoms with Crippen LogP contribution in [0.3, 0.4) is 0 Å². The fourth-order valence-corrected chi connectivity index (χ4v) is 2.56. The van der Waals surface area contributed by atoms with Crippen molar-refractivity contribution in [3.05, 3.63) is 34.6 Å². The summed E-state index contributed by atoms with van der Waals surface area (Å²) in [6.45, 7) is 0.774. The summed E-state index contributed by atoms with van der Waals surface area (Å²) in [6, 6.07) is 4.42. The molecule has 1 heterocycles. The highest BCUT2D eigenvalue weighted by atomic mass is 35.5. The second-order valence-electron chi connectivity index (χ2n) is 4.34. The van der Waals surface area contributed by atoms with Gasteiger partial charge in [-0.25, -0.2) is 4.39 Å². The van der Waals surface area contributed by atoms with Gasteiger partial charge < -0.3 is 10.1 Å². The molecule has 1 aromatic carbocycles. The smallest absolute Gasteiger partial charge is 0.123 e. The summed E-state index contributed by atoms with van der Waals surface area (Å²) >= 11 is 6.13. The standard InChI is InChI=1S/C13H17ClFNO/c1-16-13(12-4-2-3-7-17-12)10-8-9(15)5-6-11(10)14/h5-6,8,12-13,16H,2-4,7H2,1H3. The Balaban J connectivity index is 2.24. The van der Waals surface area contributed by atoms with E-state index in [4.69, 9.17) is 16.3 Å². The molecule has 1 N–H and O–H groups in total. The lowest BCUT2D eigenvalue weighted by molar-refractivity contribution is -0.00664. The molecule has 1 aromatic rings. The maximum Gasteiger partial charge on any atom is 0.123 e. The van der Waals surface area contributed by atoms with Gasteiger partial charge in [0.2, 0.25) is 0 Å². The molecule has 2 rings (SSSR count). The van der Waals surface area contributed by atoms with Crippen LogP contribution >= 0.6 is 11.6 Å². The molecule has 2 nitrogen and oxygen atoms in total. The third-order valence-corrected chi connectivity index (χ3v) is 3.54. The maximum atomic E-state index is 13.3. The van der Waals surface area contributed by atoms with Gasteiger partial charge in [0, 0.05) is 11.6 Å². The average molecular weight is 258 g/mol. The molecule has 1 aliphatic heterocycles. The van der Waals surface area contributed by atoms with E-state index in [-0.39, 0.29) is 18.0 Å². The topological polar surface area (TPSA) is 21.3 Å². The first-order valence-corrected chi connectivity index (χ1v) is 6.34. The van der Waals surface area contributed by atoms with E-state index >= 15 is 0 Å². The minimum absolute atomic E-state index is 0.0431. The van der Waals surface area contributed by atoms with Crippen molar-refractivity contribution in [1.82, 2.24) is 5.32 Å². The van der Waals surface area contributed by atoms with Gasteiger partial charge in [0.15, 0.2) is 0 Å². The van der Waals surface area contributed by atoms with E-state index in [2.05, 4.69) is 5.32 Å². The van der Waals surface area contributed by atoms with Crippen LogP contribution in [0.5, 0.6) is 0 Å². The van der Waals surface area contributed by atoms with Gasteiger partial charge in [-0.05, 0) is 50.1 Å². The largest absolute Gasteiger partial charge is 0.376 e. The molecule has 2 unspecified atom stereocenters. The van der Waals surface area contributed by atoms with Gasteiger partial charge in [-0.2, -0.15) is 0 Å². The molecule has 1 fully saturated rings. The van der Waals surface area contributed by atoms with Crippen molar-refractivity contribution in [3.8, 4) is 0 Å². The summed E-state index contributed by atoms with van der Waals surface area (Å²) in [5.74, 6) is -0.263. The van der Waals surface area contributed by atoms with E-state index in [1.165, 1.54) is 12.1 Å². The van der Waals surface area contributed by atoms with E-state index in [9.17, 15) is 4.39 Å². The Bertz CT molecular complexity index is 380. The van der Waals surface area contributed by atoms with Crippen LogP contribution in [0.25, 0.3) is 0 Å². The lowest BCUT2D eigenvalue weighted by atomic mass is 9.95. The Labute approximate surface area is 106 Å². The SMILES string of the molecule is CNC(c1cc(F)ccc1Cl)C1CCCCO1. The van der Waals surface area contributed by atoms with E-state index in [0.29, 0.717) is 5.02 Å². The van der Waals surface area contributed by atoms with Crippen molar-refractivity contribution in [2.24, 2.45) is 0 Å². The van der Waals surface area contributed by atoms with Gasteiger partial charge in [-0.1, -0.05) is 11.6 Å². The normalized spacial score (nSPS) is 22.4. The number of ether oxygens (including phenoxy) is 1. The van der Waals surface area contributed by atoms with Gasteiger partial charge in [0.05, 0.1) is 12.1 Å². The van der Waals surface area contributed by atoms with Crippen molar-refractivity contribution in [3.63, 3.8) is 0 Å². The van der Waals surface area contributed by atoms with Gasteiger partial charge in [0.25, 0.3) is 0 Å². The van der Waals surface area contributed by atoms with Crippen LogP contribution in [-0.4, -0.2) is 19.8 Å². The van der Waals surface area contributed by atoms with Gasteiger partial charge in [-0.3, -0.25) is 0 Å². The molecular formula is C13H17ClFNO. The monoisotopic (exact) mass is 257 g/mol. The molecule has 0 aromatic heterocycles. The second kappa shape index (κ2) is 5.80. The van der Waals surface area contributed by atoms with Crippen LogP contribution in [0.4, 0.5) is 4.39 Å². The van der Waals surface area contributed by atoms with E-state index in [1.54, 1.807) is 6.07 Å². The zero-order valence-electron chi connectivity index (χ0n) is 9.88. The predicted octanol–water partition coefficient (Wildman–Crippen LogP) is 3.31. The Morgan fingerprint density at radius 2 is 2.29 bits per heavy atom. The minimum Gasteiger partial charge on any atom is -0.376 e. The van der Waals surface area contributed by atoms with E-state index in [0.717, 1.165) is 31.4 Å². The number of hydrogen-bond acceptors (Lipinski definition) is 2. The Kier molecular flexibility index (Phi) is 4.37. The van der Waals surface area contributed by atoms with Crippen LogP contribution in [0.2, 0.25) is 5.02 Å². The molecule has 0 amide bonds. The van der Waals surface area contributed by atoms with Crippen LogP contribution in [0, 0.1) is 5.82 Å². The molecule has 0 spiro atoms. The van der Waals surface area contributed by atoms with Gasteiger partial charge in [0.1, 0.15) is 5.82 Å². The molecule has 0 radical (unpaired) electrons. The molecule has 17 heavy (non-hydrogen) atoms. The second-order valence-corrected chi connectivity index (χ2v) is 4.74.